The first-order valence-electron chi connectivity index (χ1n) is 6.97. The van der Waals surface area contributed by atoms with Gasteiger partial charge in [-0.15, -0.1) is 13.2 Å². The predicted molar refractivity (Wildman–Crippen MR) is 85.7 cm³/mol. The average molecular weight is 368 g/mol. The lowest BCUT2D eigenvalue weighted by Crippen LogP contribution is -2.18. The van der Waals surface area contributed by atoms with Crippen molar-refractivity contribution < 1.29 is 26.3 Å². The molecule has 1 heterocycles. The summed E-state index contributed by atoms with van der Waals surface area (Å²) in [5.74, 6) is -0.616. The molecule has 0 unspecified atom stereocenters. The Bertz CT molecular complexity index is 1020. The zero-order valence-electron chi connectivity index (χ0n) is 12.5. The number of nitrogens with one attached hydrogen (secondary N) is 1. The van der Waals surface area contributed by atoms with Crippen LogP contribution in [0.25, 0.3) is 10.9 Å². The number of alkyl halides is 3. The number of benzene rings is 2. The highest BCUT2D eigenvalue weighted by atomic mass is 32.2. The minimum Gasteiger partial charge on any atom is -0.406 e. The summed E-state index contributed by atoms with van der Waals surface area (Å²) >= 11 is 0. The van der Waals surface area contributed by atoms with Crippen LogP contribution < -0.4 is 9.46 Å². The number of ether oxygens (including phenoxy) is 1. The Balaban J connectivity index is 1.95. The Kier molecular flexibility index (Phi) is 4.25. The molecule has 0 amide bonds. The van der Waals surface area contributed by atoms with Crippen molar-refractivity contribution in [1.29, 1.82) is 0 Å². The largest absolute Gasteiger partial charge is 0.573 e. The molecule has 5 nitrogen and oxygen atoms in total. The first kappa shape index (κ1) is 17.0. The first-order chi connectivity index (χ1) is 11.7. The summed E-state index contributed by atoms with van der Waals surface area (Å²) in [6.45, 7) is 0. The zero-order valence-corrected chi connectivity index (χ0v) is 13.3. The van der Waals surface area contributed by atoms with Crippen LogP contribution in [0.4, 0.5) is 18.9 Å². The summed E-state index contributed by atoms with van der Waals surface area (Å²) in [6, 6.07) is 12.4. The van der Waals surface area contributed by atoms with Gasteiger partial charge < -0.3 is 4.74 Å². The SMILES string of the molecule is O=S(=O)(Nc1cccc2ncccc12)c1cccc(OC(F)(F)F)c1. The van der Waals surface area contributed by atoms with E-state index >= 15 is 0 Å². The summed E-state index contributed by atoms with van der Waals surface area (Å²) in [4.78, 5) is 3.77. The van der Waals surface area contributed by atoms with Gasteiger partial charge in [0.1, 0.15) is 5.75 Å². The quantitative estimate of drug-likeness (QED) is 0.758. The van der Waals surface area contributed by atoms with Gasteiger partial charge in [-0.1, -0.05) is 12.1 Å². The van der Waals surface area contributed by atoms with E-state index in [0.717, 1.165) is 12.1 Å². The highest BCUT2D eigenvalue weighted by Gasteiger charge is 2.31. The number of aromatic nitrogens is 1. The normalized spacial score (nSPS) is 12.1. The van der Waals surface area contributed by atoms with Crippen LogP contribution >= 0.6 is 0 Å². The molecular weight excluding hydrogens is 357 g/mol. The standard InChI is InChI=1S/C16H11F3N2O3S/c17-16(18,19)24-11-4-1-5-12(10-11)25(22,23)21-15-8-2-7-14-13(15)6-3-9-20-14/h1-10,21H. The van der Waals surface area contributed by atoms with Crippen molar-refractivity contribution >= 4 is 26.6 Å². The van der Waals surface area contributed by atoms with Gasteiger partial charge in [-0.05, 0) is 36.4 Å². The van der Waals surface area contributed by atoms with Gasteiger partial charge in [-0.25, -0.2) is 8.42 Å². The Hall–Kier alpha value is -2.81. The third-order valence-electron chi connectivity index (χ3n) is 3.24. The molecule has 0 atom stereocenters. The average Bonchev–Trinajstić information content (AvgIpc) is 2.54. The Labute approximate surface area is 141 Å². The lowest BCUT2D eigenvalue weighted by Gasteiger charge is -2.12. The van der Waals surface area contributed by atoms with Crippen LogP contribution in [-0.2, 0) is 10.0 Å². The van der Waals surface area contributed by atoms with Gasteiger partial charge in [0, 0.05) is 17.6 Å². The van der Waals surface area contributed by atoms with E-state index in [-0.39, 0.29) is 10.6 Å². The van der Waals surface area contributed by atoms with E-state index in [9.17, 15) is 21.6 Å². The molecular formula is C16H11F3N2O3S. The molecule has 0 radical (unpaired) electrons. The van der Waals surface area contributed by atoms with Crippen LogP contribution in [0.2, 0.25) is 0 Å². The molecule has 0 aliphatic rings. The van der Waals surface area contributed by atoms with Crippen LogP contribution in [0.5, 0.6) is 5.75 Å². The fraction of sp³-hybridized carbons (Fsp3) is 0.0625. The van der Waals surface area contributed by atoms with E-state index in [0.29, 0.717) is 10.9 Å². The smallest absolute Gasteiger partial charge is 0.406 e. The van der Waals surface area contributed by atoms with Crippen molar-refractivity contribution in [2.45, 2.75) is 11.3 Å². The number of nitrogens with zero attached hydrogens (tertiary/aromatic N) is 1. The molecule has 9 heteroatoms. The summed E-state index contributed by atoms with van der Waals surface area (Å²) in [5.41, 5.74) is 0.851. The second-order valence-corrected chi connectivity index (χ2v) is 6.69. The van der Waals surface area contributed by atoms with Gasteiger partial charge in [0.25, 0.3) is 10.0 Å². The van der Waals surface area contributed by atoms with Crippen molar-refractivity contribution in [3.8, 4) is 5.75 Å². The summed E-state index contributed by atoms with van der Waals surface area (Å²) in [7, 11) is -4.11. The maximum absolute atomic E-state index is 12.5. The van der Waals surface area contributed by atoms with Crippen LogP contribution in [0.1, 0.15) is 0 Å². The van der Waals surface area contributed by atoms with Gasteiger partial charge in [0.05, 0.1) is 16.1 Å². The number of hydrogen-bond acceptors (Lipinski definition) is 4. The topological polar surface area (TPSA) is 68.3 Å². The van der Waals surface area contributed by atoms with Gasteiger partial charge >= 0.3 is 6.36 Å². The summed E-state index contributed by atoms with van der Waals surface area (Å²) in [5, 5.41) is 0.566. The monoisotopic (exact) mass is 368 g/mol. The van der Waals surface area contributed by atoms with Crippen molar-refractivity contribution in [3.05, 3.63) is 60.8 Å². The summed E-state index contributed by atoms with van der Waals surface area (Å²) in [6.07, 6.45) is -3.34. The molecule has 3 aromatic rings. The lowest BCUT2D eigenvalue weighted by atomic mass is 10.2. The Morgan fingerprint density at radius 2 is 1.76 bits per heavy atom. The molecule has 3 rings (SSSR count). The van der Waals surface area contributed by atoms with E-state index in [1.165, 1.54) is 18.2 Å². The fourth-order valence-electron chi connectivity index (χ4n) is 2.23. The molecule has 2 aromatic carbocycles. The Morgan fingerprint density at radius 3 is 2.52 bits per heavy atom. The lowest BCUT2D eigenvalue weighted by molar-refractivity contribution is -0.274. The molecule has 1 aromatic heterocycles. The fourth-order valence-corrected chi connectivity index (χ4v) is 3.35. The molecule has 25 heavy (non-hydrogen) atoms. The van der Waals surface area contributed by atoms with Crippen molar-refractivity contribution in [2.75, 3.05) is 4.72 Å². The second kappa shape index (κ2) is 6.25. The Morgan fingerprint density at radius 1 is 1.00 bits per heavy atom. The predicted octanol–water partition coefficient (Wildman–Crippen LogP) is 3.93. The number of anilines is 1. The molecule has 1 N–H and O–H groups in total. The number of hydrogen-bond donors (Lipinski definition) is 1. The van der Waals surface area contributed by atoms with Crippen molar-refractivity contribution in [3.63, 3.8) is 0 Å². The molecule has 0 aliphatic heterocycles. The number of halogens is 3. The van der Waals surface area contributed by atoms with E-state index in [1.807, 2.05) is 0 Å². The number of sulfonamides is 1. The number of pyridine rings is 1. The van der Waals surface area contributed by atoms with Gasteiger partial charge in [0.2, 0.25) is 0 Å². The molecule has 0 aliphatic carbocycles. The minimum absolute atomic E-state index is 0.271. The molecule has 0 fully saturated rings. The van der Waals surface area contributed by atoms with E-state index in [4.69, 9.17) is 0 Å². The zero-order chi connectivity index (χ0) is 18.1. The maximum Gasteiger partial charge on any atom is 0.573 e. The van der Waals surface area contributed by atoms with E-state index < -0.39 is 22.1 Å². The second-order valence-electron chi connectivity index (χ2n) is 5.00. The first-order valence-corrected chi connectivity index (χ1v) is 8.45. The molecule has 0 saturated carbocycles. The molecule has 0 bridgehead atoms. The molecule has 0 saturated heterocycles. The van der Waals surface area contributed by atoms with Crippen LogP contribution in [-0.4, -0.2) is 19.8 Å². The van der Waals surface area contributed by atoms with Crippen LogP contribution in [0.3, 0.4) is 0 Å². The van der Waals surface area contributed by atoms with Crippen LogP contribution in [0, 0.1) is 0 Å². The maximum atomic E-state index is 12.5. The molecule has 130 valence electrons. The van der Waals surface area contributed by atoms with Gasteiger partial charge in [0.15, 0.2) is 0 Å². The number of fused-ring (bicyclic) bond motifs is 1. The summed E-state index contributed by atoms with van der Waals surface area (Å²) < 4.78 is 68.0. The number of rotatable bonds is 4. The highest BCUT2D eigenvalue weighted by molar-refractivity contribution is 7.92. The third-order valence-corrected chi connectivity index (χ3v) is 4.60. The minimum atomic E-state index is -4.91. The third kappa shape index (κ3) is 4.00. The van der Waals surface area contributed by atoms with Crippen molar-refractivity contribution in [1.82, 2.24) is 4.98 Å². The highest BCUT2D eigenvalue weighted by Crippen LogP contribution is 2.27. The van der Waals surface area contributed by atoms with E-state index in [2.05, 4.69) is 14.4 Å². The van der Waals surface area contributed by atoms with Gasteiger partial charge in [-0.2, -0.15) is 0 Å². The van der Waals surface area contributed by atoms with Crippen LogP contribution in [0.15, 0.2) is 65.7 Å². The van der Waals surface area contributed by atoms with Gasteiger partial charge in [-0.3, -0.25) is 9.71 Å². The van der Waals surface area contributed by atoms with E-state index in [1.54, 1.807) is 30.5 Å². The molecule has 0 spiro atoms. The van der Waals surface area contributed by atoms with Crippen molar-refractivity contribution in [2.24, 2.45) is 0 Å².